The maximum absolute atomic E-state index is 12.5. The van der Waals surface area contributed by atoms with E-state index in [9.17, 15) is 10.1 Å². The Morgan fingerprint density at radius 1 is 1.16 bits per heavy atom. The van der Waals surface area contributed by atoms with E-state index in [1.807, 2.05) is 43.3 Å². The van der Waals surface area contributed by atoms with Gasteiger partial charge < -0.3 is 10.1 Å². The van der Waals surface area contributed by atoms with E-state index in [2.05, 4.69) is 34.0 Å². The Morgan fingerprint density at radius 2 is 1.94 bits per heavy atom. The number of carbonyl (C=O) groups is 1. The summed E-state index contributed by atoms with van der Waals surface area (Å²) in [6, 6.07) is 20.4. The fourth-order valence-corrected chi connectivity index (χ4v) is 3.84. The molecule has 0 unspecified atom stereocenters. The van der Waals surface area contributed by atoms with Crippen molar-refractivity contribution in [2.24, 2.45) is 0 Å². The Labute approximate surface area is 204 Å². The van der Waals surface area contributed by atoms with Crippen LogP contribution in [0.3, 0.4) is 0 Å². The molecule has 0 spiro atoms. The number of ether oxygens (including phenoxy) is 1. The molecular formula is C24H17Cl2IN2O2. The molecule has 0 fully saturated rings. The molecule has 1 amide bonds. The lowest BCUT2D eigenvalue weighted by atomic mass is 10.1. The third-order valence-corrected chi connectivity index (χ3v) is 5.97. The number of nitriles is 1. The SMILES string of the molecule is Cc1cccc(COc2ccc(/C=C(/C#N)C(=O)Nc3cccc(Cl)c3Cl)cc2I)c1. The Morgan fingerprint density at radius 3 is 2.65 bits per heavy atom. The van der Waals surface area contributed by atoms with E-state index in [-0.39, 0.29) is 10.6 Å². The van der Waals surface area contributed by atoms with Crippen molar-refractivity contribution in [3.05, 3.63) is 96.5 Å². The lowest BCUT2D eigenvalue weighted by Crippen LogP contribution is -2.13. The van der Waals surface area contributed by atoms with Crippen molar-refractivity contribution in [3.8, 4) is 11.8 Å². The highest BCUT2D eigenvalue weighted by Gasteiger charge is 2.13. The van der Waals surface area contributed by atoms with Crippen LogP contribution in [0.4, 0.5) is 5.69 Å². The van der Waals surface area contributed by atoms with Gasteiger partial charge in [-0.3, -0.25) is 4.79 Å². The predicted molar refractivity (Wildman–Crippen MR) is 133 cm³/mol. The van der Waals surface area contributed by atoms with Crippen LogP contribution in [-0.4, -0.2) is 5.91 Å². The quantitative estimate of drug-likeness (QED) is 0.199. The average Bonchev–Trinajstić information content (AvgIpc) is 2.74. The Hall–Kier alpha value is -2.53. The molecule has 0 radical (unpaired) electrons. The first-order chi connectivity index (χ1) is 14.9. The zero-order chi connectivity index (χ0) is 22.4. The number of benzene rings is 3. The molecule has 0 bridgehead atoms. The summed E-state index contributed by atoms with van der Waals surface area (Å²) >= 11 is 14.2. The molecule has 0 aromatic heterocycles. The first kappa shape index (κ1) is 23.1. The molecule has 0 saturated carbocycles. The Kier molecular flexibility index (Phi) is 7.97. The number of halogens is 3. The highest BCUT2D eigenvalue weighted by molar-refractivity contribution is 14.1. The van der Waals surface area contributed by atoms with E-state index < -0.39 is 5.91 Å². The van der Waals surface area contributed by atoms with Crippen LogP contribution in [0.2, 0.25) is 10.0 Å². The van der Waals surface area contributed by atoms with Crippen LogP contribution in [0.5, 0.6) is 5.75 Å². The van der Waals surface area contributed by atoms with Crippen LogP contribution >= 0.6 is 45.8 Å². The minimum Gasteiger partial charge on any atom is -0.488 e. The van der Waals surface area contributed by atoms with Gasteiger partial charge in [0.05, 0.1) is 19.3 Å². The Bertz CT molecular complexity index is 1200. The summed E-state index contributed by atoms with van der Waals surface area (Å²) in [7, 11) is 0. The first-order valence-corrected chi connectivity index (χ1v) is 11.1. The van der Waals surface area contributed by atoms with Crippen LogP contribution in [0.1, 0.15) is 16.7 Å². The molecule has 0 aliphatic heterocycles. The molecule has 3 aromatic carbocycles. The van der Waals surface area contributed by atoms with Gasteiger partial charge in [-0.15, -0.1) is 0 Å². The smallest absolute Gasteiger partial charge is 0.266 e. The van der Waals surface area contributed by atoms with E-state index in [4.69, 9.17) is 27.9 Å². The zero-order valence-corrected chi connectivity index (χ0v) is 20.1. The molecule has 7 heteroatoms. The zero-order valence-electron chi connectivity index (χ0n) is 16.5. The third-order valence-electron chi connectivity index (χ3n) is 4.31. The van der Waals surface area contributed by atoms with E-state index >= 15 is 0 Å². The van der Waals surface area contributed by atoms with Crippen molar-refractivity contribution in [2.75, 3.05) is 5.32 Å². The number of nitrogens with zero attached hydrogens (tertiary/aromatic N) is 1. The molecule has 3 rings (SSSR count). The number of amides is 1. The second-order valence-corrected chi connectivity index (χ2v) is 8.64. The molecule has 0 aliphatic rings. The molecule has 3 aromatic rings. The predicted octanol–water partition coefficient (Wildman–Crippen LogP) is 7.03. The van der Waals surface area contributed by atoms with E-state index in [1.54, 1.807) is 24.3 Å². The van der Waals surface area contributed by atoms with Crippen molar-refractivity contribution in [1.29, 1.82) is 5.26 Å². The lowest BCUT2D eigenvalue weighted by molar-refractivity contribution is -0.112. The van der Waals surface area contributed by atoms with Gasteiger partial charge in [-0.1, -0.05) is 65.2 Å². The van der Waals surface area contributed by atoms with Crippen molar-refractivity contribution >= 4 is 63.5 Å². The summed E-state index contributed by atoms with van der Waals surface area (Å²) in [5.74, 6) is 0.161. The van der Waals surface area contributed by atoms with Crippen molar-refractivity contribution in [2.45, 2.75) is 13.5 Å². The number of carbonyl (C=O) groups excluding carboxylic acids is 1. The van der Waals surface area contributed by atoms with Crippen molar-refractivity contribution in [3.63, 3.8) is 0 Å². The second-order valence-electron chi connectivity index (χ2n) is 6.69. The summed E-state index contributed by atoms with van der Waals surface area (Å²) in [5, 5.41) is 12.6. The van der Waals surface area contributed by atoms with Crippen LogP contribution in [-0.2, 0) is 11.4 Å². The third kappa shape index (κ3) is 6.23. The fourth-order valence-electron chi connectivity index (χ4n) is 2.79. The normalized spacial score (nSPS) is 11.0. The molecule has 0 aliphatic carbocycles. The molecular weight excluding hydrogens is 546 g/mol. The number of hydrogen-bond donors (Lipinski definition) is 1. The van der Waals surface area contributed by atoms with Gasteiger partial charge in [0.1, 0.15) is 24.0 Å². The van der Waals surface area contributed by atoms with Crippen molar-refractivity contribution in [1.82, 2.24) is 0 Å². The van der Waals surface area contributed by atoms with Crippen molar-refractivity contribution < 1.29 is 9.53 Å². The van der Waals surface area contributed by atoms with E-state index in [1.165, 1.54) is 11.6 Å². The number of aryl methyl sites for hydroxylation is 1. The minimum absolute atomic E-state index is 0.0553. The lowest BCUT2D eigenvalue weighted by Gasteiger charge is -2.10. The van der Waals surface area contributed by atoms with Gasteiger partial charge >= 0.3 is 0 Å². The number of anilines is 1. The molecule has 4 nitrogen and oxygen atoms in total. The Balaban J connectivity index is 1.73. The van der Waals surface area contributed by atoms with Crippen LogP contribution < -0.4 is 10.1 Å². The summed E-state index contributed by atoms with van der Waals surface area (Å²) in [4.78, 5) is 12.5. The average molecular weight is 563 g/mol. The van der Waals surface area contributed by atoms with Gasteiger partial charge in [0.15, 0.2) is 0 Å². The van der Waals surface area contributed by atoms with Crippen LogP contribution in [0.15, 0.2) is 66.2 Å². The fraction of sp³-hybridized carbons (Fsp3) is 0.0833. The molecule has 156 valence electrons. The first-order valence-electron chi connectivity index (χ1n) is 9.22. The summed E-state index contributed by atoms with van der Waals surface area (Å²) in [6.07, 6.45) is 1.51. The maximum atomic E-state index is 12.5. The van der Waals surface area contributed by atoms with Gasteiger partial charge in [-0.25, -0.2) is 0 Å². The topological polar surface area (TPSA) is 62.1 Å². The number of nitrogens with one attached hydrogen (secondary N) is 1. The van der Waals surface area contributed by atoms with Gasteiger partial charge in [-0.05, 0) is 71.0 Å². The number of hydrogen-bond acceptors (Lipinski definition) is 3. The molecule has 0 atom stereocenters. The summed E-state index contributed by atoms with van der Waals surface area (Å²) < 4.78 is 6.79. The molecule has 31 heavy (non-hydrogen) atoms. The highest BCUT2D eigenvalue weighted by atomic mass is 127. The van der Waals surface area contributed by atoms with Gasteiger partial charge in [-0.2, -0.15) is 5.26 Å². The van der Waals surface area contributed by atoms with Gasteiger partial charge in [0, 0.05) is 0 Å². The highest BCUT2D eigenvalue weighted by Crippen LogP contribution is 2.30. The van der Waals surface area contributed by atoms with E-state index in [0.717, 1.165) is 14.9 Å². The number of rotatable bonds is 6. The van der Waals surface area contributed by atoms with E-state index in [0.29, 0.717) is 22.9 Å². The van der Waals surface area contributed by atoms with Crippen LogP contribution in [0, 0.1) is 21.8 Å². The maximum Gasteiger partial charge on any atom is 0.266 e. The second kappa shape index (κ2) is 10.7. The molecule has 1 N–H and O–H groups in total. The minimum atomic E-state index is -0.568. The standard InChI is InChI=1S/C24H17Cl2IN2O2/c1-15-4-2-5-17(10-15)14-31-22-9-8-16(12-20(22)27)11-18(13-28)24(30)29-21-7-3-6-19(25)23(21)26/h2-12H,14H2,1H3,(H,29,30)/b18-11-. The largest absolute Gasteiger partial charge is 0.488 e. The molecule has 0 heterocycles. The van der Waals surface area contributed by atoms with Crippen LogP contribution in [0.25, 0.3) is 6.08 Å². The van der Waals surface area contributed by atoms with Gasteiger partial charge in [0.25, 0.3) is 5.91 Å². The monoisotopic (exact) mass is 562 g/mol. The summed E-state index contributed by atoms with van der Waals surface area (Å²) in [5.41, 5.74) is 3.26. The summed E-state index contributed by atoms with van der Waals surface area (Å²) in [6.45, 7) is 2.50. The van der Waals surface area contributed by atoms with Gasteiger partial charge in [0.2, 0.25) is 0 Å². The molecule has 0 saturated heterocycles.